The Morgan fingerprint density at radius 1 is 1.16 bits per heavy atom. The van der Waals surface area contributed by atoms with E-state index in [0.29, 0.717) is 15.7 Å². The summed E-state index contributed by atoms with van der Waals surface area (Å²) in [6, 6.07) is 10.2. The molecular formula is C20H18ClF3N4O2S. The van der Waals surface area contributed by atoms with E-state index < -0.39 is 11.7 Å². The number of alkyl halides is 3. The van der Waals surface area contributed by atoms with Gasteiger partial charge in [-0.15, -0.1) is 22.6 Å². The van der Waals surface area contributed by atoms with Crippen molar-refractivity contribution in [2.45, 2.75) is 25.7 Å². The molecule has 0 radical (unpaired) electrons. The van der Waals surface area contributed by atoms with E-state index in [-0.39, 0.29) is 30.7 Å². The first-order chi connectivity index (χ1) is 14.4. The smallest absolute Gasteiger partial charge is 0.416 e. The molecule has 3 aromatic rings. The van der Waals surface area contributed by atoms with Crippen LogP contribution in [0.2, 0.25) is 0 Å². The summed E-state index contributed by atoms with van der Waals surface area (Å²) in [5, 5.41) is 14.5. The maximum absolute atomic E-state index is 12.8. The number of carbonyl (C=O) groups is 1. The third kappa shape index (κ3) is 5.72. The van der Waals surface area contributed by atoms with Gasteiger partial charge in [-0.1, -0.05) is 23.5 Å². The zero-order chi connectivity index (χ0) is 21.1. The minimum atomic E-state index is -4.44. The normalized spacial score (nSPS) is 13.1. The summed E-state index contributed by atoms with van der Waals surface area (Å²) in [6.07, 6.45) is -3.57. The van der Waals surface area contributed by atoms with Crippen LogP contribution in [0, 0.1) is 0 Å². The number of nitrogens with one attached hydrogen (secondary N) is 2. The van der Waals surface area contributed by atoms with Crippen LogP contribution in [0.15, 0.2) is 42.5 Å². The lowest BCUT2D eigenvalue weighted by atomic mass is 9.98. The highest BCUT2D eigenvalue weighted by atomic mass is 35.5. The second kappa shape index (κ2) is 9.63. The molecular weight excluding hydrogens is 453 g/mol. The van der Waals surface area contributed by atoms with E-state index in [1.165, 1.54) is 17.7 Å². The van der Waals surface area contributed by atoms with Gasteiger partial charge >= 0.3 is 6.18 Å². The molecule has 0 saturated carbocycles. The van der Waals surface area contributed by atoms with Crippen LogP contribution < -0.4 is 15.4 Å². The summed E-state index contributed by atoms with van der Waals surface area (Å²) < 4.78 is 43.7. The number of aromatic nitrogens is 2. The van der Waals surface area contributed by atoms with Crippen LogP contribution in [0.4, 0.5) is 18.3 Å². The summed E-state index contributed by atoms with van der Waals surface area (Å²) in [6.45, 7) is 1.62. The van der Waals surface area contributed by atoms with Gasteiger partial charge in [0.1, 0.15) is 12.4 Å². The van der Waals surface area contributed by atoms with Crippen molar-refractivity contribution < 1.29 is 22.7 Å². The minimum absolute atomic E-state index is 0. The first-order valence-electron chi connectivity index (χ1n) is 9.15. The maximum Gasteiger partial charge on any atom is 0.416 e. The molecule has 1 aliphatic heterocycles. The van der Waals surface area contributed by atoms with E-state index in [1.54, 1.807) is 6.07 Å². The number of anilines is 1. The Bertz CT molecular complexity index is 1070. The van der Waals surface area contributed by atoms with Crippen molar-refractivity contribution in [3.05, 3.63) is 69.7 Å². The van der Waals surface area contributed by atoms with E-state index in [2.05, 4.69) is 20.8 Å². The number of rotatable bonds is 5. The van der Waals surface area contributed by atoms with Gasteiger partial charge in [0.2, 0.25) is 5.13 Å². The Morgan fingerprint density at radius 2 is 2.00 bits per heavy atom. The lowest BCUT2D eigenvalue weighted by Crippen LogP contribution is -2.24. The van der Waals surface area contributed by atoms with Gasteiger partial charge in [0.05, 0.1) is 5.56 Å². The molecule has 0 aliphatic carbocycles. The van der Waals surface area contributed by atoms with Gasteiger partial charge in [0.25, 0.3) is 5.91 Å². The number of benzene rings is 2. The number of hydrogen-bond acceptors (Lipinski definition) is 6. The molecule has 2 aromatic carbocycles. The third-order valence-electron chi connectivity index (χ3n) is 4.57. The summed E-state index contributed by atoms with van der Waals surface area (Å²) in [7, 11) is 0. The molecule has 0 spiro atoms. The first kappa shape index (κ1) is 23.0. The molecule has 1 aliphatic rings. The average molecular weight is 471 g/mol. The quantitative estimate of drug-likeness (QED) is 0.576. The Kier molecular flexibility index (Phi) is 7.14. The van der Waals surface area contributed by atoms with Gasteiger partial charge in [-0.25, -0.2) is 0 Å². The molecule has 0 saturated heterocycles. The Labute approximate surface area is 186 Å². The van der Waals surface area contributed by atoms with Crippen molar-refractivity contribution >= 4 is 34.8 Å². The van der Waals surface area contributed by atoms with Crippen LogP contribution in [0.3, 0.4) is 0 Å². The SMILES string of the molecule is Cl.O=C(Nc1nnc(COc2cccc(C(F)(F)F)c2)s1)c1ccc2c(c1)CCNC2. The molecule has 0 fully saturated rings. The van der Waals surface area contributed by atoms with E-state index in [4.69, 9.17) is 4.74 Å². The van der Waals surface area contributed by atoms with Crippen LogP contribution >= 0.6 is 23.7 Å². The van der Waals surface area contributed by atoms with Gasteiger partial charge in [0.15, 0.2) is 5.01 Å². The van der Waals surface area contributed by atoms with E-state index in [0.717, 1.165) is 48.5 Å². The number of ether oxygens (including phenoxy) is 1. The van der Waals surface area contributed by atoms with Gasteiger partial charge in [-0.05, 0) is 54.4 Å². The predicted molar refractivity (Wildman–Crippen MR) is 113 cm³/mol. The standard InChI is InChI=1S/C20H17F3N4O2S.ClH/c21-20(22,23)15-2-1-3-16(9-15)29-11-17-26-27-19(30-17)25-18(28)13-4-5-14-10-24-7-6-12(14)8-13;/h1-5,8-9,24H,6-7,10-11H2,(H,25,27,28);1H. The molecule has 0 unspecified atom stereocenters. The number of amides is 1. The zero-order valence-corrected chi connectivity index (χ0v) is 17.7. The Hall–Kier alpha value is -2.69. The van der Waals surface area contributed by atoms with Crippen LogP contribution in [-0.2, 0) is 25.7 Å². The van der Waals surface area contributed by atoms with Crippen molar-refractivity contribution in [2.24, 2.45) is 0 Å². The highest BCUT2D eigenvalue weighted by Gasteiger charge is 2.30. The van der Waals surface area contributed by atoms with Gasteiger partial charge in [-0.2, -0.15) is 13.2 Å². The molecule has 0 atom stereocenters. The van der Waals surface area contributed by atoms with Crippen LogP contribution in [0.1, 0.15) is 32.1 Å². The van der Waals surface area contributed by atoms with Crippen molar-refractivity contribution in [1.29, 1.82) is 0 Å². The number of carbonyl (C=O) groups excluding carboxylic acids is 1. The van der Waals surface area contributed by atoms with Crippen molar-refractivity contribution in [1.82, 2.24) is 15.5 Å². The maximum atomic E-state index is 12.8. The van der Waals surface area contributed by atoms with E-state index in [9.17, 15) is 18.0 Å². The highest BCUT2D eigenvalue weighted by molar-refractivity contribution is 7.15. The molecule has 11 heteroatoms. The van der Waals surface area contributed by atoms with Crippen LogP contribution in [-0.4, -0.2) is 22.6 Å². The fraction of sp³-hybridized carbons (Fsp3) is 0.250. The van der Waals surface area contributed by atoms with Crippen molar-refractivity contribution in [3.63, 3.8) is 0 Å². The third-order valence-corrected chi connectivity index (χ3v) is 5.38. The Morgan fingerprint density at radius 3 is 2.81 bits per heavy atom. The molecule has 2 N–H and O–H groups in total. The topological polar surface area (TPSA) is 76.1 Å². The van der Waals surface area contributed by atoms with E-state index >= 15 is 0 Å². The average Bonchev–Trinajstić information content (AvgIpc) is 3.19. The second-order valence-corrected chi connectivity index (χ2v) is 7.74. The fourth-order valence-electron chi connectivity index (χ4n) is 3.06. The summed E-state index contributed by atoms with van der Waals surface area (Å²) in [4.78, 5) is 12.5. The molecule has 2 heterocycles. The molecule has 6 nitrogen and oxygen atoms in total. The van der Waals surface area contributed by atoms with Crippen LogP contribution in [0.25, 0.3) is 0 Å². The second-order valence-electron chi connectivity index (χ2n) is 6.68. The summed E-state index contributed by atoms with van der Waals surface area (Å²) in [5.41, 5.74) is 2.08. The van der Waals surface area contributed by atoms with Crippen molar-refractivity contribution in [2.75, 3.05) is 11.9 Å². The molecule has 31 heavy (non-hydrogen) atoms. The number of hydrogen-bond donors (Lipinski definition) is 2. The number of halogens is 4. The van der Waals surface area contributed by atoms with Crippen molar-refractivity contribution in [3.8, 4) is 5.75 Å². The first-order valence-corrected chi connectivity index (χ1v) is 9.96. The van der Waals surface area contributed by atoms with Gasteiger partial charge in [0, 0.05) is 12.1 Å². The fourth-order valence-corrected chi connectivity index (χ4v) is 3.71. The van der Waals surface area contributed by atoms with E-state index in [1.807, 2.05) is 12.1 Å². The Balaban J connectivity index is 0.00000272. The molecule has 1 amide bonds. The number of nitrogens with zero attached hydrogens (tertiary/aromatic N) is 2. The molecule has 164 valence electrons. The largest absolute Gasteiger partial charge is 0.486 e. The molecule has 4 rings (SSSR count). The van der Waals surface area contributed by atoms with Gasteiger partial charge in [-0.3, -0.25) is 10.1 Å². The molecule has 0 bridgehead atoms. The molecule has 1 aromatic heterocycles. The zero-order valence-electron chi connectivity index (χ0n) is 16.0. The lowest BCUT2D eigenvalue weighted by Gasteiger charge is -2.17. The lowest BCUT2D eigenvalue weighted by molar-refractivity contribution is -0.137. The number of fused-ring (bicyclic) bond motifs is 1. The van der Waals surface area contributed by atoms with Gasteiger partial charge < -0.3 is 10.1 Å². The highest BCUT2D eigenvalue weighted by Crippen LogP contribution is 2.31. The summed E-state index contributed by atoms with van der Waals surface area (Å²) >= 11 is 1.10. The summed E-state index contributed by atoms with van der Waals surface area (Å²) in [5.74, 6) is -0.216. The monoisotopic (exact) mass is 470 g/mol. The van der Waals surface area contributed by atoms with Crippen LogP contribution in [0.5, 0.6) is 5.75 Å². The minimum Gasteiger partial charge on any atom is -0.486 e. The predicted octanol–water partition coefficient (Wildman–Crippen LogP) is 4.46.